The molecule has 2 nitrogen and oxygen atoms in total. The molecule has 0 spiro atoms. The van der Waals surface area contributed by atoms with Crippen molar-refractivity contribution in [3.63, 3.8) is 0 Å². The summed E-state index contributed by atoms with van der Waals surface area (Å²) >= 11 is 5.65. The standard InChI is InChI=1S/C9H7ClFNO/c1-6(12-5-13)8-4-7(10)2-3-9(8)11/h2-4,6H,1H3. The number of nitrogens with zero attached hydrogens (tertiary/aromatic N) is 1. The highest BCUT2D eigenvalue weighted by molar-refractivity contribution is 6.30. The van der Waals surface area contributed by atoms with Gasteiger partial charge >= 0.3 is 0 Å². The Labute approximate surface area is 80.1 Å². The molecule has 0 saturated carbocycles. The van der Waals surface area contributed by atoms with Crippen LogP contribution < -0.4 is 0 Å². The van der Waals surface area contributed by atoms with Gasteiger partial charge in [-0.2, -0.15) is 4.99 Å². The lowest BCUT2D eigenvalue weighted by atomic mass is 10.1. The van der Waals surface area contributed by atoms with E-state index in [-0.39, 0.29) is 0 Å². The smallest absolute Gasteiger partial charge is 0.211 e. The van der Waals surface area contributed by atoms with Crippen LogP contribution in [-0.2, 0) is 4.79 Å². The quantitative estimate of drug-likeness (QED) is 0.532. The summed E-state index contributed by atoms with van der Waals surface area (Å²) in [6, 6.07) is 3.59. The maximum Gasteiger partial charge on any atom is 0.235 e. The van der Waals surface area contributed by atoms with Gasteiger partial charge in [0.15, 0.2) is 0 Å². The van der Waals surface area contributed by atoms with Gasteiger partial charge in [-0.25, -0.2) is 9.18 Å². The molecule has 1 atom stereocenters. The van der Waals surface area contributed by atoms with Crippen molar-refractivity contribution in [1.82, 2.24) is 0 Å². The molecule has 0 bridgehead atoms. The zero-order valence-corrected chi connectivity index (χ0v) is 7.68. The van der Waals surface area contributed by atoms with Gasteiger partial charge in [-0.1, -0.05) is 11.6 Å². The third kappa shape index (κ3) is 2.38. The minimum absolute atomic E-state index is 0.302. The number of benzene rings is 1. The Kier molecular flexibility index (Phi) is 3.18. The van der Waals surface area contributed by atoms with E-state index in [9.17, 15) is 9.18 Å². The van der Waals surface area contributed by atoms with Crippen LogP contribution in [0.1, 0.15) is 18.5 Å². The summed E-state index contributed by atoms with van der Waals surface area (Å²) in [6.07, 6.45) is 1.38. The summed E-state index contributed by atoms with van der Waals surface area (Å²) in [5.41, 5.74) is 0.302. The molecule has 0 aliphatic carbocycles. The Hall–Kier alpha value is -1.18. The van der Waals surface area contributed by atoms with Crippen LogP contribution in [0.25, 0.3) is 0 Å². The molecule has 0 aromatic heterocycles. The Bertz CT molecular complexity index is 361. The third-order valence-corrected chi connectivity index (χ3v) is 1.89. The molecule has 0 aliphatic rings. The topological polar surface area (TPSA) is 29.4 Å². The molecule has 1 rings (SSSR count). The summed E-state index contributed by atoms with van der Waals surface area (Å²) in [7, 11) is 0. The normalized spacial score (nSPS) is 11.9. The van der Waals surface area contributed by atoms with E-state index in [2.05, 4.69) is 4.99 Å². The monoisotopic (exact) mass is 199 g/mol. The molecule has 68 valence electrons. The summed E-state index contributed by atoms with van der Waals surface area (Å²) in [5, 5.41) is 0.421. The molecule has 0 saturated heterocycles. The molecule has 13 heavy (non-hydrogen) atoms. The van der Waals surface area contributed by atoms with Crippen molar-refractivity contribution < 1.29 is 9.18 Å². The fourth-order valence-corrected chi connectivity index (χ4v) is 1.16. The average Bonchev–Trinajstić information content (AvgIpc) is 2.09. The van der Waals surface area contributed by atoms with Crippen molar-refractivity contribution in [3.8, 4) is 0 Å². The summed E-state index contributed by atoms with van der Waals surface area (Å²) in [6.45, 7) is 1.60. The average molecular weight is 200 g/mol. The highest BCUT2D eigenvalue weighted by Gasteiger charge is 2.09. The van der Waals surface area contributed by atoms with Gasteiger partial charge < -0.3 is 0 Å². The lowest BCUT2D eigenvalue weighted by Crippen LogP contribution is -1.93. The molecule has 0 amide bonds. The lowest BCUT2D eigenvalue weighted by molar-refractivity contribution is 0.555. The molecule has 0 fully saturated rings. The molecule has 0 radical (unpaired) electrons. The first-order valence-electron chi connectivity index (χ1n) is 3.67. The second-order valence-electron chi connectivity index (χ2n) is 2.56. The fraction of sp³-hybridized carbons (Fsp3) is 0.222. The van der Waals surface area contributed by atoms with E-state index in [1.165, 1.54) is 24.3 Å². The Morgan fingerprint density at radius 1 is 1.62 bits per heavy atom. The zero-order valence-electron chi connectivity index (χ0n) is 6.92. The van der Waals surface area contributed by atoms with Crippen LogP contribution in [0, 0.1) is 5.82 Å². The number of halogens is 2. The summed E-state index contributed by atoms with van der Waals surface area (Å²) < 4.78 is 13.1. The van der Waals surface area contributed by atoms with Gasteiger partial charge in [0.05, 0.1) is 6.04 Å². The number of hydrogen-bond acceptors (Lipinski definition) is 2. The van der Waals surface area contributed by atoms with Crippen molar-refractivity contribution in [3.05, 3.63) is 34.6 Å². The molecule has 0 heterocycles. The van der Waals surface area contributed by atoms with E-state index in [1.54, 1.807) is 6.92 Å². The van der Waals surface area contributed by atoms with Crippen LogP contribution >= 0.6 is 11.6 Å². The predicted octanol–water partition coefficient (Wildman–Crippen LogP) is 2.88. The van der Waals surface area contributed by atoms with Gasteiger partial charge in [0.25, 0.3) is 0 Å². The van der Waals surface area contributed by atoms with Crippen LogP contribution in [0.5, 0.6) is 0 Å². The Morgan fingerprint density at radius 2 is 2.31 bits per heavy atom. The van der Waals surface area contributed by atoms with Gasteiger partial charge in [-0.15, -0.1) is 0 Å². The van der Waals surface area contributed by atoms with Gasteiger partial charge in [-0.05, 0) is 25.1 Å². The molecule has 1 unspecified atom stereocenters. The zero-order chi connectivity index (χ0) is 9.84. The number of carbonyl (C=O) groups excluding carboxylic acids is 1. The van der Waals surface area contributed by atoms with Crippen molar-refractivity contribution >= 4 is 17.7 Å². The molecule has 0 N–H and O–H groups in total. The van der Waals surface area contributed by atoms with Crippen molar-refractivity contribution in [2.75, 3.05) is 0 Å². The van der Waals surface area contributed by atoms with E-state index >= 15 is 0 Å². The largest absolute Gasteiger partial charge is 0.235 e. The SMILES string of the molecule is CC(N=C=O)c1cc(Cl)ccc1F. The van der Waals surface area contributed by atoms with E-state index < -0.39 is 11.9 Å². The summed E-state index contributed by atoms with van der Waals surface area (Å²) in [5.74, 6) is -0.420. The van der Waals surface area contributed by atoms with Crippen molar-refractivity contribution in [2.24, 2.45) is 4.99 Å². The molecule has 0 aliphatic heterocycles. The highest BCUT2D eigenvalue weighted by Crippen LogP contribution is 2.23. The van der Waals surface area contributed by atoms with Crippen LogP contribution in [0.3, 0.4) is 0 Å². The lowest BCUT2D eigenvalue weighted by Gasteiger charge is -2.05. The molecule has 4 heteroatoms. The van der Waals surface area contributed by atoms with Crippen LogP contribution in [0.15, 0.2) is 23.2 Å². The number of rotatable bonds is 2. The summed E-state index contributed by atoms with van der Waals surface area (Å²) in [4.78, 5) is 13.3. The van der Waals surface area contributed by atoms with Crippen molar-refractivity contribution in [1.29, 1.82) is 0 Å². The predicted molar refractivity (Wildman–Crippen MR) is 47.9 cm³/mol. The number of hydrogen-bond donors (Lipinski definition) is 0. The van der Waals surface area contributed by atoms with E-state index in [1.807, 2.05) is 0 Å². The molecule has 1 aromatic rings. The van der Waals surface area contributed by atoms with Crippen LogP contribution in [-0.4, -0.2) is 6.08 Å². The number of isocyanates is 1. The first-order valence-corrected chi connectivity index (χ1v) is 4.05. The van der Waals surface area contributed by atoms with Gasteiger partial charge in [0.1, 0.15) is 5.82 Å². The first kappa shape index (κ1) is 9.90. The Morgan fingerprint density at radius 3 is 2.92 bits per heavy atom. The Balaban J connectivity index is 3.12. The maximum absolute atomic E-state index is 13.1. The molecule has 1 aromatic carbocycles. The second kappa shape index (κ2) is 4.17. The van der Waals surface area contributed by atoms with Crippen molar-refractivity contribution in [2.45, 2.75) is 13.0 Å². The van der Waals surface area contributed by atoms with E-state index in [0.29, 0.717) is 10.6 Å². The van der Waals surface area contributed by atoms with Crippen LogP contribution in [0.2, 0.25) is 5.02 Å². The second-order valence-corrected chi connectivity index (χ2v) is 3.00. The minimum atomic E-state index is -0.545. The fourth-order valence-electron chi connectivity index (χ4n) is 0.983. The van der Waals surface area contributed by atoms with Crippen LogP contribution in [0.4, 0.5) is 4.39 Å². The van der Waals surface area contributed by atoms with Gasteiger partial charge in [0, 0.05) is 10.6 Å². The van der Waals surface area contributed by atoms with E-state index in [0.717, 1.165) is 0 Å². The first-order chi connectivity index (χ1) is 6.15. The number of aliphatic imine (C=N–C) groups is 1. The van der Waals surface area contributed by atoms with Gasteiger partial charge in [0.2, 0.25) is 6.08 Å². The van der Waals surface area contributed by atoms with Gasteiger partial charge in [-0.3, -0.25) is 0 Å². The third-order valence-electron chi connectivity index (χ3n) is 1.65. The minimum Gasteiger partial charge on any atom is -0.211 e. The molecular formula is C9H7ClFNO. The highest BCUT2D eigenvalue weighted by atomic mass is 35.5. The molecular weight excluding hydrogens is 193 g/mol. The van der Waals surface area contributed by atoms with E-state index in [4.69, 9.17) is 11.6 Å². The maximum atomic E-state index is 13.1.